The Morgan fingerprint density at radius 1 is 0.727 bits per heavy atom. The second kappa shape index (κ2) is 9.07. The highest BCUT2D eigenvalue weighted by atomic mass is 32.2. The smallest absolute Gasteiger partial charge is 0.262 e. The maximum Gasteiger partial charge on any atom is 0.262 e. The first kappa shape index (κ1) is 23.1. The predicted octanol–water partition coefficient (Wildman–Crippen LogP) is 4.48. The summed E-state index contributed by atoms with van der Waals surface area (Å²) in [4.78, 5) is 0.102. The van der Waals surface area contributed by atoms with Crippen LogP contribution in [0.1, 0.15) is 29.5 Å². The number of ether oxygens (including phenoxy) is 1. The molecule has 1 aliphatic carbocycles. The van der Waals surface area contributed by atoms with Crippen LogP contribution in [-0.4, -0.2) is 23.9 Å². The summed E-state index contributed by atoms with van der Waals surface area (Å²) in [6.07, 6.45) is 3.98. The van der Waals surface area contributed by atoms with E-state index in [2.05, 4.69) is 9.44 Å². The van der Waals surface area contributed by atoms with Gasteiger partial charge in [0.25, 0.3) is 20.0 Å². The minimum absolute atomic E-state index is 0.0675. The Labute approximate surface area is 194 Å². The quantitative estimate of drug-likeness (QED) is 0.513. The van der Waals surface area contributed by atoms with Crippen LogP contribution >= 0.6 is 0 Å². The van der Waals surface area contributed by atoms with Crippen molar-refractivity contribution in [3.63, 3.8) is 0 Å². The van der Waals surface area contributed by atoms with Gasteiger partial charge in [-0.3, -0.25) is 9.44 Å². The maximum atomic E-state index is 13.1. The molecule has 3 aromatic rings. The van der Waals surface area contributed by atoms with E-state index in [4.69, 9.17) is 4.74 Å². The molecule has 3 aromatic carbocycles. The van der Waals surface area contributed by atoms with E-state index < -0.39 is 20.0 Å². The first-order valence-corrected chi connectivity index (χ1v) is 13.6. The number of aryl methyl sites for hydroxylation is 3. The number of hydrogen-bond donors (Lipinski definition) is 2. The largest absolute Gasteiger partial charge is 0.495 e. The third-order valence-corrected chi connectivity index (χ3v) is 8.47. The molecule has 0 unspecified atom stereocenters. The van der Waals surface area contributed by atoms with Crippen LogP contribution in [0.2, 0.25) is 0 Å². The molecule has 0 heterocycles. The van der Waals surface area contributed by atoms with Crippen molar-refractivity contribution < 1.29 is 21.6 Å². The number of para-hydroxylation sites is 2. The van der Waals surface area contributed by atoms with Crippen molar-refractivity contribution in [2.24, 2.45) is 0 Å². The van der Waals surface area contributed by atoms with E-state index in [1.807, 2.05) is 6.07 Å². The van der Waals surface area contributed by atoms with Gasteiger partial charge in [-0.05, 0) is 85.7 Å². The van der Waals surface area contributed by atoms with Crippen LogP contribution in [0.25, 0.3) is 0 Å². The van der Waals surface area contributed by atoms with Gasteiger partial charge in [-0.15, -0.1) is 0 Å². The highest BCUT2D eigenvalue weighted by molar-refractivity contribution is 7.93. The summed E-state index contributed by atoms with van der Waals surface area (Å²) < 4.78 is 62.4. The van der Waals surface area contributed by atoms with Gasteiger partial charge in [-0.2, -0.15) is 0 Å². The summed E-state index contributed by atoms with van der Waals surface area (Å²) >= 11 is 0. The summed E-state index contributed by atoms with van der Waals surface area (Å²) in [5.74, 6) is 0.376. The Hall–Kier alpha value is -3.04. The van der Waals surface area contributed by atoms with Gasteiger partial charge in [-0.25, -0.2) is 16.8 Å². The van der Waals surface area contributed by atoms with Gasteiger partial charge < -0.3 is 4.74 Å². The minimum Gasteiger partial charge on any atom is -0.495 e. The van der Waals surface area contributed by atoms with E-state index in [1.165, 1.54) is 24.8 Å². The van der Waals surface area contributed by atoms with Crippen molar-refractivity contribution >= 4 is 31.4 Å². The minimum atomic E-state index is -3.98. The van der Waals surface area contributed by atoms with Crippen LogP contribution < -0.4 is 14.2 Å². The van der Waals surface area contributed by atoms with Crippen molar-refractivity contribution in [1.29, 1.82) is 0 Å². The molecule has 0 fully saturated rings. The van der Waals surface area contributed by atoms with Crippen LogP contribution in [0.3, 0.4) is 0 Å². The summed E-state index contributed by atoms with van der Waals surface area (Å²) in [5.41, 5.74) is 3.34. The molecule has 0 saturated heterocycles. The molecule has 4 rings (SSSR count). The van der Waals surface area contributed by atoms with Crippen LogP contribution in [-0.2, 0) is 32.9 Å². The maximum absolute atomic E-state index is 13.1. The molecule has 9 heteroatoms. The van der Waals surface area contributed by atoms with Gasteiger partial charge in [0, 0.05) is 0 Å². The molecule has 0 aliphatic heterocycles. The molecule has 0 atom stereocenters. The molecule has 0 amide bonds. The zero-order chi connectivity index (χ0) is 23.6. The Kier molecular flexibility index (Phi) is 6.36. The Morgan fingerprint density at radius 2 is 1.33 bits per heavy atom. The standard InChI is InChI=1S/C24H26N2O5S2/c1-17-11-13-21(33(29,30)25-22-9-5-6-10-24(22)31-2)16-23(17)26-32(27,28)20-14-12-18-7-3-4-8-19(18)15-20/h5-6,9-16,25-26H,3-4,7-8H2,1-2H3. The zero-order valence-corrected chi connectivity index (χ0v) is 20.1. The zero-order valence-electron chi connectivity index (χ0n) is 18.5. The van der Waals surface area contributed by atoms with Gasteiger partial charge in [0.2, 0.25) is 0 Å². The molecular weight excluding hydrogens is 460 g/mol. The van der Waals surface area contributed by atoms with Gasteiger partial charge in [0.15, 0.2) is 0 Å². The molecule has 1 aliphatic rings. The lowest BCUT2D eigenvalue weighted by atomic mass is 9.92. The van der Waals surface area contributed by atoms with E-state index in [0.29, 0.717) is 11.3 Å². The lowest BCUT2D eigenvalue weighted by Gasteiger charge is -2.18. The average Bonchev–Trinajstić information content (AvgIpc) is 2.80. The van der Waals surface area contributed by atoms with Crippen LogP contribution in [0.5, 0.6) is 5.75 Å². The second-order valence-corrected chi connectivity index (χ2v) is 11.4. The SMILES string of the molecule is COc1ccccc1NS(=O)(=O)c1ccc(C)c(NS(=O)(=O)c2ccc3c(c2)CCCC3)c1. The van der Waals surface area contributed by atoms with E-state index >= 15 is 0 Å². The molecular formula is C24H26N2O5S2. The normalized spacial score (nSPS) is 13.8. The number of rotatable bonds is 7. The topological polar surface area (TPSA) is 102 Å². The molecule has 2 N–H and O–H groups in total. The van der Waals surface area contributed by atoms with Crippen LogP contribution in [0, 0.1) is 6.92 Å². The summed E-state index contributed by atoms with van der Waals surface area (Å²) in [6.45, 7) is 1.72. The van der Waals surface area contributed by atoms with Crippen molar-refractivity contribution in [2.75, 3.05) is 16.6 Å². The van der Waals surface area contributed by atoms with E-state index in [0.717, 1.165) is 31.2 Å². The predicted molar refractivity (Wildman–Crippen MR) is 129 cm³/mol. The molecule has 174 valence electrons. The second-order valence-electron chi connectivity index (χ2n) is 8.03. The summed E-state index contributed by atoms with van der Waals surface area (Å²) in [5, 5.41) is 0. The number of benzene rings is 3. The van der Waals surface area contributed by atoms with Crippen LogP contribution in [0.15, 0.2) is 70.5 Å². The van der Waals surface area contributed by atoms with Crippen molar-refractivity contribution in [2.45, 2.75) is 42.4 Å². The fraction of sp³-hybridized carbons (Fsp3) is 0.250. The summed E-state index contributed by atoms with van der Waals surface area (Å²) in [6, 6.07) is 16.2. The highest BCUT2D eigenvalue weighted by Gasteiger charge is 2.21. The van der Waals surface area contributed by atoms with E-state index in [-0.39, 0.29) is 21.2 Å². The molecule has 33 heavy (non-hydrogen) atoms. The number of nitrogens with one attached hydrogen (secondary N) is 2. The average molecular weight is 487 g/mol. The van der Waals surface area contributed by atoms with Crippen molar-refractivity contribution in [3.8, 4) is 5.75 Å². The molecule has 0 saturated carbocycles. The Balaban J connectivity index is 1.63. The lowest BCUT2D eigenvalue weighted by Crippen LogP contribution is -2.17. The third kappa shape index (κ3) is 4.99. The number of sulfonamides is 2. The third-order valence-electron chi connectivity index (χ3n) is 5.75. The molecule has 0 spiro atoms. The van der Waals surface area contributed by atoms with Crippen LogP contribution in [0.4, 0.5) is 11.4 Å². The van der Waals surface area contributed by atoms with Gasteiger partial charge in [-0.1, -0.05) is 24.3 Å². The Morgan fingerprint density at radius 3 is 2.06 bits per heavy atom. The molecule has 0 radical (unpaired) electrons. The fourth-order valence-corrected chi connectivity index (χ4v) is 6.16. The van der Waals surface area contributed by atoms with Gasteiger partial charge >= 0.3 is 0 Å². The number of methoxy groups -OCH3 is 1. The lowest BCUT2D eigenvalue weighted by molar-refractivity contribution is 0.417. The first-order valence-electron chi connectivity index (χ1n) is 10.6. The Bertz CT molecular complexity index is 1400. The molecule has 7 nitrogen and oxygen atoms in total. The van der Waals surface area contributed by atoms with Gasteiger partial charge in [0.05, 0.1) is 28.3 Å². The number of fused-ring (bicyclic) bond motifs is 1. The summed E-state index contributed by atoms with van der Waals surface area (Å²) in [7, 11) is -6.42. The van der Waals surface area contributed by atoms with Crippen molar-refractivity contribution in [3.05, 3.63) is 77.4 Å². The number of hydrogen-bond acceptors (Lipinski definition) is 5. The first-order chi connectivity index (χ1) is 15.7. The highest BCUT2D eigenvalue weighted by Crippen LogP contribution is 2.29. The monoisotopic (exact) mass is 486 g/mol. The molecule has 0 aromatic heterocycles. The van der Waals surface area contributed by atoms with E-state index in [9.17, 15) is 16.8 Å². The fourth-order valence-electron chi connectivity index (χ4n) is 3.89. The van der Waals surface area contributed by atoms with E-state index in [1.54, 1.807) is 49.4 Å². The van der Waals surface area contributed by atoms with Crippen molar-refractivity contribution in [1.82, 2.24) is 0 Å². The van der Waals surface area contributed by atoms with Gasteiger partial charge in [0.1, 0.15) is 5.75 Å². The molecule has 0 bridgehead atoms. The number of anilines is 2.